The van der Waals surface area contributed by atoms with Crippen molar-refractivity contribution in [1.82, 2.24) is 4.98 Å². The van der Waals surface area contributed by atoms with E-state index in [2.05, 4.69) is 39.8 Å². The molecule has 0 fully saturated rings. The summed E-state index contributed by atoms with van der Waals surface area (Å²) < 4.78 is 1.06. The molecule has 0 atom stereocenters. The zero-order chi connectivity index (χ0) is 9.68. The quantitative estimate of drug-likeness (QED) is 0.807. The molecule has 0 aromatic carbocycles. The zero-order valence-corrected chi connectivity index (χ0v) is 9.71. The van der Waals surface area contributed by atoms with Crippen molar-refractivity contribution in [2.45, 2.75) is 19.8 Å². The second-order valence-electron chi connectivity index (χ2n) is 3.08. The van der Waals surface area contributed by atoms with E-state index in [1.807, 2.05) is 18.3 Å². The minimum Gasteiger partial charge on any atom is -0.359 e. The Morgan fingerprint density at radius 3 is 2.92 bits per heavy atom. The summed E-state index contributed by atoms with van der Waals surface area (Å²) in [7, 11) is 2.07. The maximum Gasteiger partial charge on any atom is 0.142 e. The zero-order valence-electron chi connectivity index (χ0n) is 8.13. The van der Waals surface area contributed by atoms with Crippen LogP contribution < -0.4 is 4.90 Å². The van der Waals surface area contributed by atoms with Gasteiger partial charge in [0.1, 0.15) is 5.82 Å². The van der Waals surface area contributed by atoms with Crippen molar-refractivity contribution in [3.8, 4) is 0 Å². The molecule has 0 N–H and O–H groups in total. The highest BCUT2D eigenvalue weighted by Gasteiger charge is 2.04. The molecule has 0 aliphatic carbocycles. The summed E-state index contributed by atoms with van der Waals surface area (Å²) in [6.07, 6.45) is 4.25. The van der Waals surface area contributed by atoms with Crippen LogP contribution in [-0.4, -0.2) is 18.6 Å². The van der Waals surface area contributed by atoms with Crippen LogP contribution in [0.1, 0.15) is 19.8 Å². The van der Waals surface area contributed by atoms with Gasteiger partial charge in [-0.25, -0.2) is 4.98 Å². The Kier molecular flexibility index (Phi) is 4.22. The van der Waals surface area contributed by atoms with Crippen molar-refractivity contribution < 1.29 is 0 Å². The van der Waals surface area contributed by atoms with Gasteiger partial charge in [0, 0.05) is 19.8 Å². The topological polar surface area (TPSA) is 16.1 Å². The minimum absolute atomic E-state index is 1.02. The molecule has 13 heavy (non-hydrogen) atoms. The molecular formula is C10H15BrN2. The fraction of sp³-hybridized carbons (Fsp3) is 0.500. The smallest absolute Gasteiger partial charge is 0.142 e. The lowest BCUT2D eigenvalue weighted by atomic mass is 10.3. The molecule has 0 amide bonds. The summed E-state index contributed by atoms with van der Waals surface area (Å²) in [6.45, 7) is 3.26. The van der Waals surface area contributed by atoms with Gasteiger partial charge in [0.25, 0.3) is 0 Å². The SMILES string of the molecule is CCCCN(C)c1ncccc1Br. The summed E-state index contributed by atoms with van der Waals surface area (Å²) in [4.78, 5) is 6.48. The molecule has 0 saturated heterocycles. The first-order valence-electron chi connectivity index (χ1n) is 4.57. The highest BCUT2D eigenvalue weighted by Crippen LogP contribution is 2.21. The van der Waals surface area contributed by atoms with Gasteiger partial charge in [-0.1, -0.05) is 13.3 Å². The molecule has 0 spiro atoms. The molecule has 0 unspecified atom stereocenters. The van der Waals surface area contributed by atoms with E-state index in [4.69, 9.17) is 0 Å². The van der Waals surface area contributed by atoms with Gasteiger partial charge in [-0.2, -0.15) is 0 Å². The third kappa shape index (κ3) is 2.99. The van der Waals surface area contributed by atoms with E-state index < -0.39 is 0 Å². The van der Waals surface area contributed by atoms with Crippen LogP contribution in [-0.2, 0) is 0 Å². The van der Waals surface area contributed by atoms with Gasteiger partial charge in [0.05, 0.1) is 4.47 Å². The van der Waals surface area contributed by atoms with Crippen molar-refractivity contribution in [1.29, 1.82) is 0 Å². The first-order valence-corrected chi connectivity index (χ1v) is 5.36. The number of hydrogen-bond donors (Lipinski definition) is 0. The molecule has 72 valence electrons. The third-order valence-corrected chi connectivity index (χ3v) is 2.57. The van der Waals surface area contributed by atoms with Crippen molar-refractivity contribution in [3.05, 3.63) is 22.8 Å². The van der Waals surface area contributed by atoms with Crippen LogP contribution in [0.3, 0.4) is 0 Å². The highest BCUT2D eigenvalue weighted by atomic mass is 79.9. The molecule has 1 aromatic rings. The monoisotopic (exact) mass is 242 g/mol. The van der Waals surface area contributed by atoms with Crippen molar-refractivity contribution in [3.63, 3.8) is 0 Å². The fourth-order valence-electron chi connectivity index (χ4n) is 1.16. The molecule has 1 rings (SSSR count). The van der Waals surface area contributed by atoms with Gasteiger partial charge in [-0.05, 0) is 34.5 Å². The normalized spacial score (nSPS) is 10.1. The van der Waals surface area contributed by atoms with Gasteiger partial charge in [-0.3, -0.25) is 0 Å². The first-order chi connectivity index (χ1) is 6.25. The van der Waals surface area contributed by atoms with E-state index in [1.54, 1.807) is 0 Å². The van der Waals surface area contributed by atoms with E-state index in [9.17, 15) is 0 Å². The number of nitrogens with zero attached hydrogens (tertiary/aromatic N) is 2. The summed E-state index contributed by atoms with van der Waals surface area (Å²) in [6, 6.07) is 3.95. The van der Waals surface area contributed by atoms with Crippen LogP contribution >= 0.6 is 15.9 Å². The van der Waals surface area contributed by atoms with Gasteiger partial charge in [-0.15, -0.1) is 0 Å². The van der Waals surface area contributed by atoms with Crippen molar-refractivity contribution >= 4 is 21.7 Å². The Hall–Kier alpha value is -0.570. The molecule has 1 heterocycles. The van der Waals surface area contributed by atoms with Gasteiger partial charge in [0.2, 0.25) is 0 Å². The Labute approximate surface area is 88.1 Å². The molecule has 0 aliphatic rings. The Bertz CT molecular complexity index is 263. The van der Waals surface area contributed by atoms with Crippen LogP contribution in [0.15, 0.2) is 22.8 Å². The Morgan fingerprint density at radius 1 is 1.54 bits per heavy atom. The predicted molar refractivity (Wildman–Crippen MR) is 60.1 cm³/mol. The number of aromatic nitrogens is 1. The molecule has 0 radical (unpaired) electrons. The highest BCUT2D eigenvalue weighted by molar-refractivity contribution is 9.10. The van der Waals surface area contributed by atoms with Crippen LogP contribution in [0, 0.1) is 0 Å². The van der Waals surface area contributed by atoms with Crippen LogP contribution in [0.25, 0.3) is 0 Å². The van der Waals surface area contributed by atoms with E-state index in [0.717, 1.165) is 16.8 Å². The Morgan fingerprint density at radius 2 is 2.31 bits per heavy atom. The summed E-state index contributed by atoms with van der Waals surface area (Å²) in [5, 5.41) is 0. The molecule has 2 nitrogen and oxygen atoms in total. The maximum atomic E-state index is 4.31. The predicted octanol–water partition coefficient (Wildman–Crippen LogP) is 3.08. The summed E-state index contributed by atoms with van der Waals surface area (Å²) >= 11 is 3.48. The number of pyridine rings is 1. The van der Waals surface area contributed by atoms with E-state index in [-0.39, 0.29) is 0 Å². The molecule has 0 aliphatic heterocycles. The number of anilines is 1. The standard InChI is InChI=1S/C10H15BrN2/c1-3-4-8-13(2)10-9(11)6-5-7-12-10/h5-7H,3-4,8H2,1-2H3. The first kappa shape index (κ1) is 10.5. The number of hydrogen-bond acceptors (Lipinski definition) is 2. The number of halogens is 1. The van der Waals surface area contributed by atoms with Crippen LogP contribution in [0.4, 0.5) is 5.82 Å². The summed E-state index contributed by atoms with van der Waals surface area (Å²) in [5.41, 5.74) is 0. The van der Waals surface area contributed by atoms with E-state index >= 15 is 0 Å². The minimum atomic E-state index is 1.02. The molecule has 1 aromatic heterocycles. The fourth-order valence-corrected chi connectivity index (χ4v) is 1.72. The molecular weight excluding hydrogens is 228 g/mol. The van der Waals surface area contributed by atoms with Gasteiger partial charge in [0.15, 0.2) is 0 Å². The lowest BCUT2D eigenvalue weighted by Gasteiger charge is -2.18. The molecule has 3 heteroatoms. The second-order valence-corrected chi connectivity index (χ2v) is 3.94. The summed E-state index contributed by atoms with van der Waals surface area (Å²) in [5.74, 6) is 1.02. The van der Waals surface area contributed by atoms with E-state index in [1.165, 1.54) is 12.8 Å². The third-order valence-electron chi connectivity index (χ3n) is 1.95. The number of unbranched alkanes of at least 4 members (excludes halogenated alkanes) is 1. The average molecular weight is 243 g/mol. The second kappa shape index (κ2) is 5.22. The van der Waals surface area contributed by atoms with Crippen LogP contribution in [0.5, 0.6) is 0 Å². The van der Waals surface area contributed by atoms with Crippen molar-refractivity contribution in [2.24, 2.45) is 0 Å². The van der Waals surface area contributed by atoms with Gasteiger partial charge < -0.3 is 4.90 Å². The maximum absolute atomic E-state index is 4.31. The molecule has 0 saturated carbocycles. The van der Waals surface area contributed by atoms with Crippen molar-refractivity contribution in [2.75, 3.05) is 18.5 Å². The Balaban J connectivity index is 2.65. The molecule has 0 bridgehead atoms. The van der Waals surface area contributed by atoms with Gasteiger partial charge >= 0.3 is 0 Å². The lowest BCUT2D eigenvalue weighted by Crippen LogP contribution is -2.19. The number of rotatable bonds is 4. The van der Waals surface area contributed by atoms with Crippen LogP contribution in [0.2, 0.25) is 0 Å². The largest absolute Gasteiger partial charge is 0.359 e. The average Bonchev–Trinajstić information content (AvgIpc) is 2.15. The van der Waals surface area contributed by atoms with E-state index in [0.29, 0.717) is 0 Å². The lowest BCUT2D eigenvalue weighted by molar-refractivity contribution is 0.758.